The molecular weight excluding hydrogens is 346 g/mol. The lowest BCUT2D eigenvalue weighted by atomic mass is 10.2. The average Bonchev–Trinajstić information content (AvgIpc) is 3.18. The zero-order chi connectivity index (χ0) is 19.2. The maximum Gasteiger partial charge on any atom is 0.289 e. The molecule has 0 spiro atoms. The van der Waals surface area contributed by atoms with E-state index in [1.807, 2.05) is 43.0 Å². The summed E-state index contributed by atoms with van der Waals surface area (Å²) in [4.78, 5) is 28.3. The van der Waals surface area contributed by atoms with Gasteiger partial charge in [0.05, 0.1) is 18.9 Å². The third-order valence-electron chi connectivity index (χ3n) is 4.27. The fourth-order valence-corrected chi connectivity index (χ4v) is 2.96. The van der Waals surface area contributed by atoms with Gasteiger partial charge in [-0.3, -0.25) is 14.5 Å². The second kappa shape index (κ2) is 8.73. The van der Waals surface area contributed by atoms with Crippen molar-refractivity contribution in [3.05, 3.63) is 48.4 Å². The molecule has 0 aliphatic carbocycles. The normalized spacial score (nSPS) is 15.0. The molecule has 0 saturated carbocycles. The molecule has 2 heterocycles. The Labute approximate surface area is 158 Å². The van der Waals surface area contributed by atoms with Gasteiger partial charge in [-0.15, -0.1) is 0 Å². The van der Waals surface area contributed by atoms with Gasteiger partial charge >= 0.3 is 0 Å². The number of hydrogen-bond acceptors (Lipinski definition) is 5. The fraction of sp³-hybridized carbons (Fsp3) is 0.400. The van der Waals surface area contributed by atoms with E-state index >= 15 is 0 Å². The standard InChI is InChI=1S/C20H25N3O4/c1-15(2)27-17-7-5-16(6-8-17)21-19(24)14-22-9-11-23(12-10-22)20(25)18-4-3-13-26-18/h3-8,13,15H,9-12,14H2,1-2H3,(H,21,24). The number of nitrogens with zero attached hydrogens (tertiary/aromatic N) is 2. The van der Waals surface area contributed by atoms with Gasteiger partial charge in [0.15, 0.2) is 5.76 Å². The van der Waals surface area contributed by atoms with E-state index in [2.05, 4.69) is 5.32 Å². The van der Waals surface area contributed by atoms with Crippen molar-refractivity contribution >= 4 is 17.5 Å². The monoisotopic (exact) mass is 371 g/mol. The van der Waals surface area contributed by atoms with Gasteiger partial charge in [-0.2, -0.15) is 0 Å². The first kappa shape index (κ1) is 19.0. The summed E-state index contributed by atoms with van der Waals surface area (Å²) in [7, 11) is 0. The first-order chi connectivity index (χ1) is 13.0. The summed E-state index contributed by atoms with van der Waals surface area (Å²) < 4.78 is 10.7. The summed E-state index contributed by atoms with van der Waals surface area (Å²) in [5, 5.41) is 2.89. The highest BCUT2D eigenvalue weighted by molar-refractivity contribution is 5.92. The number of carbonyl (C=O) groups excluding carboxylic acids is 2. The van der Waals surface area contributed by atoms with Crippen LogP contribution in [0.5, 0.6) is 5.75 Å². The molecule has 3 rings (SSSR count). The number of benzene rings is 1. The Bertz CT molecular complexity index is 748. The van der Waals surface area contributed by atoms with E-state index in [0.29, 0.717) is 38.5 Å². The van der Waals surface area contributed by atoms with Gasteiger partial charge in [0.25, 0.3) is 5.91 Å². The van der Waals surface area contributed by atoms with Crippen molar-refractivity contribution < 1.29 is 18.7 Å². The number of furan rings is 1. The molecule has 0 atom stereocenters. The Morgan fingerprint density at radius 3 is 2.41 bits per heavy atom. The van der Waals surface area contributed by atoms with Crippen LogP contribution < -0.4 is 10.1 Å². The van der Waals surface area contributed by atoms with E-state index in [9.17, 15) is 9.59 Å². The topological polar surface area (TPSA) is 75.0 Å². The molecular formula is C20H25N3O4. The number of amides is 2. The van der Waals surface area contributed by atoms with Gasteiger partial charge in [-0.25, -0.2) is 0 Å². The lowest BCUT2D eigenvalue weighted by molar-refractivity contribution is -0.117. The smallest absolute Gasteiger partial charge is 0.289 e. The van der Waals surface area contributed by atoms with E-state index in [1.165, 1.54) is 6.26 Å². The molecule has 144 valence electrons. The number of anilines is 1. The number of carbonyl (C=O) groups is 2. The van der Waals surface area contributed by atoms with E-state index in [0.717, 1.165) is 11.4 Å². The first-order valence-electron chi connectivity index (χ1n) is 9.13. The van der Waals surface area contributed by atoms with Crippen LogP contribution >= 0.6 is 0 Å². The molecule has 0 unspecified atom stereocenters. The van der Waals surface area contributed by atoms with Gasteiger partial charge < -0.3 is 19.4 Å². The van der Waals surface area contributed by atoms with Crippen molar-refractivity contribution in [2.24, 2.45) is 0 Å². The Balaban J connectivity index is 1.43. The first-order valence-corrected chi connectivity index (χ1v) is 9.13. The third-order valence-corrected chi connectivity index (χ3v) is 4.27. The summed E-state index contributed by atoms with van der Waals surface area (Å²) in [5.41, 5.74) is 0.739. The number of hydrogen-bond donors (Lipinski definition) is 1. The Morgan fingerprint density at radius 1 is 1.11 bits per heavy atom. The number of rotatable bonds is 6. The van der Waals surface area contributed by atoms with Crippen molar-refractivity contribution in [2.75, 3.05) is 38.0 Å². The van der Waals surface area contributed by atoms with Crippen LogP contribution in [0.4, 0.5) is 5.69 Å². The zero-order valence-corrected chi connectivity index (χ0v) is 15.7. The minimum atomic E-state index is -0.104. The molecule has 27 heavy (non-hydrogen) atoms. The SMILES string of the molecule is CC(C)Oc1ccc(NC(=O)CN2CCN(C(=O)c3ccco3)CC2)cc1. The molecule has 1 aliphatic rings. The second-order valence-electron chi connectivity index (χ2n) is 6.78. The van der Waals surface area contributed by atoms with Crippen molar-refractivity contribution in [1.82, 2.24) is 9.80 Å². The fourth-order valence-electron chi connectivity index (χ4n) is 2.96. The van der Waals surface area contributed by atoms with Crippen LogP contribution in [-0.2, 0) is 4.79 Å². The van der Waals surface area contributed by atoms with E-state index in [1.54, 1.807) is 17.0 Å². The predicted octanol–water partition coefficient (Wildman–Crippen LogP) is 2.46. The van der Waals surface area contributed by atoms with Gasteiger partial charge in [-0.05, 0) is 50.2 Å². The summed E-state index contributed by atoms with van der Waals surface area (Å²) in [6.07, 6.45) is 1.61. The van der Waals surface area contributed by atoms with Crippen LogP contribution in [-0.4, -0.2) is 60.4 Å². The average molecular weight is 371 g/mol. The molecule has 1 aromatic heterocycles. The Morgan fingerprint density at radius 2 is 1.81 bits per heavy atom. The molecule has 1 N–H and O–H groups in total. The third kappa shape index (κ3) is 5.34. The van der Waals surface area contributed by atoms with E-state index in [4.69, 9.17) is 9.15 Å². The molecule has 7 heteroatoms. The highest BCUT2D eigenvalue weighted by Gasteiger charge is 2.24. The minimum absolute atomic E-state index is 0.0710. The highest BCUT2D eigenvalue weighted by atomic mass is 16.5. The van der Waals surface area contributed by atoms with Gasteiger partial charge in [-0.1, -0.05) is 0 Å². The van der Waals surface area contributed by atoms with Gasteiger partial charge in [0.1, 0.15) is 5.75 Å². The lowest BCUT2D eigenvalue weighted by Gasteiger charge is -2.33. The van der Waals surface area contributed by atoms with Crippen molar-refractivity contribution in [3.63, 3.8) is 0 Å². The van der Waals surface area contributed by atoms with Crippen LogP contribution in [0.2, 0.25) is 0 Å². The van der Waals surface area contributed by atoms with Crippen LogP contribution in [0.1, 0.15) is 24.4 Å². The molecule has 2 amide bonds. The highest BCUT2D eigenvalue weighted by Crippen LogP contribution is 2.17. The Kier molecular flexibility index (Phi) is 6.13. The van der Waals surface area contributed by atoms with Crippen LogP contribution in [0, 0.1) is 0 Å². The predicted molar refractivity (Wildman–Crippen MR) is 102 cm³/mol. The Hall–Kier alpha value is -2.80. The van der Waals surface area contributed by atoms with Gasteiger partial charge in [0.2, 0.25) is 5.91 Å². The summed E-state index contributed by atoms with van der Waals surface area (Å²) in [6.45, 7) is 6.70. The quantitative estimate of drug-likeness (QED) is 0.844. The maximum atomic E-state index is 12.3. The number of piperazine rings is 1. The summed E-state index contributed by atoms with van der Waals surface area (Å²) in [5.74, 6) is 0.956. The zero-order valence-electron chi connectivity index (χ0n) is 15.7. The number of ether oxygens (including phenoxy) is 1. The van der Waals surface area contributed by atoms with Crippen molar-refractivity contribution in [1.29, 1.82) is 0 Å². The van der Waals surface area contributed by atoms with Crippen LogP contribution in [0.25, 0.3) is 0 Å². The lowest BCUT2D eigenvalue weighted by Crippen LogP contribution is -2.50. The van der Waals surface area contributed by atoms with Crippen molar-refractivity contribution in [3.8, 4) is 5.75 Å². The van der Waals surface area contributed by atoms with Crippen molar-refractivity contribution in [2.45, 2.75) is 20.0 Å². The van der Waals surface area contributed by atoms with Crippen LogP contribution in [0.3, 0.4) is 0 Å². The summed E-state index contributed by atoms with van der Waals surface area (Å²) >= 11 is 0. The number of nitrogens with one attached hydrogen (secondary N) is 1. The molecule has 2 aromatic rings. The van der Waals surface area contributed by atoms with E-state index in [-0.39, 0.29) is 17.9 Å². The molecule has 1 fully saturated rings. The van der Waals surface area contributed by atoms with E-state index < -0.39 is 0 Å². The second-order valence-corrected chi connectivity index (χ2v) is 6.78. The van der Waals surface area contributed by atoms with Crippen LogP contribution in [0.15, 0.2) is 47.1 Å². The molecule has 7 nitrogen and oxygen atoms in total. The largest absolute Gasteiger partial charge is 0.491 e. The summed E-state index contributed by atoms with van der Waals surface area (Å²) in [6, 6.07) is 10.7. The minimum Gasteiger partial charge on any atom is -0.491 e. The molecule has 0 bridgehead atoms. The molecule has 0 radical (unpaired) electrons. The molecule has 1 saturated heterocycles. The molecule has 1 aliphatic heterocycles. The molecule has 1 aromatic carbocycles. The van der Waals surface area contributed by atoms with Gasteiger partial charge in [0, 0.05) is 31.9 Å². The maximum absolute atomic E-state index is 12.3.